The summed E-state index contributed by atoms with van der Waals surface area (Å²) in [5, 5.41) is 0. The summed E-state index contributed by atoms with van der Waals surface area (Å²) >= 11 is 0. The van der Waals surface area contributed by atoms with E-state index in [9.17, 15) is 4.79 Å². The van der Waals surface area contributed by atoms with E-state index in [-0.39, 0.29) is 5.97 Å². The maximum absolute atomic E-state index is 11.3. The Kier molecular flexibility index (Phi) is 1.91. The number of carbonyl (C=O) groups excluding carboxylic acids is 1. The maximum atomic E-state index is 11.3. The van der Waals surface area contributed by atoms with Gasteiger partial charge >= 0.3 is 5.97 Å². The molecule has 0 aromatic carbocycles. The van der Waals surface area contributed by atoms with E-state index in [1.807, 2.05) is 6.92 Å². The second-order valence-corrected chi connectivity index (χ2v) is 3.61. The van der Waals surface area contributed by atoms with Crippen LogP contribution in [0, 0.1) is 11.8 Å². The van der Waals surface area contributed by atoms with Crippen molar-refractivity contribution in [3.8, 4) is 0 Å². The van der Waals surface area contributed by atoms with Gasteiger partial charge in [-0.1, -0.05) is 6.08 Å². The van der Waals surface area contributed by atoms with Gasteiger partial charge in [-0.05, 0) is 38.0 Å². The lowest BCUT2D eigenvalue weighted by molar-refractivity contribution is -0.138. The molecule has 12 heavy (non-hydrogen) atoms. The Bertz CT molecular complexity index is 230. The predicted octanol–water partition coefficient (Wildman–Crippen LogP) is 1.91. The van der Waals surface area contributed by atoms with Crippen LogP contribution in [0.1, 0.15) is 26.2 Å². The van der Waals surface area contributed by atoms with Gasteiger partial charge in [0.2, 0.25) is 0 Å². The van der Waals surface area contributed by atoms with E-state index < -0.39 is 0 Å². The molecule has 0 radical (unpaired) electrons. The molecule has 1 saturated carbocycles. The highest BCUT2D eigenvalue weighted by molar-refractivity contribution is 5.88. The normalized spacial score (nSPS) is 31.9. The quantitative estimate of drug-likeness (QED) is 0.586. The van der Waals surface area contributed by atoms with Gasteiger partial charge in [-0.25, -0.2) is 4.79 Å². The van der Waals surface area contributed by atoms with Crippen molar-refractivity contribution < 1.29 is 9.53 Å². The molecule has 66 valence electrons. The van der Waals surface area contributed by atoms with Gasteiger partial charge in [0.15, 0.2) is 0 Å². The minimum Gasteiger partial charge on any atom is -0.463 e. The van der Waals surface area contributed by atoms with Crippen molar-refractivity contribution in [2.45, 2.75) is 26.2 Å². The summed E-state index contributed by atoms with van der Waals surface area (Å²) in [5.41, 5.74) is 0.913. The molecule has 0 amide bonds. The fraction of sp³-hybridized carbons (Fsp3) is 0.700. The van der Waals surface area contributed by atoms with E-state index in [4.69, 9.17) is 4.74 Å². The minimum atomic E-state index is -0.0946. The van der Waals surface area contributed by atoms with Crippen LogP contribution in [-0.2, 0) is 9.53 Å². The Morgan fingerprint density at radius 2 is 2.58 bits per heavy atom. The van der Waals surface area contributed by atoms with Crippen molar-refractivity contribution in [3.05, 3.63) is 11.6 Å². The van der Waals surface area contributed by atoms with Gasteiger partial charge in [0.05, 0.1) is 6.61 Å². The van der Waals surface area contributed by atoms with E-state index in [1.165, 1.54) is 12.8 Å². The summed E-state index contributed by atoms with van der Waals surface area (Å²) in [7, 11) is 0. The van der Waals surface area contributed by atoms with Crippen molar-refractivity contribution in [1.82, 2.24) is 0 Å². The minimum absolute atomic E-state index is 0.0946. The Morgan fingerprint density at radius 1 is 1.75 bits per heavy atom. The third-order valence-corrected chi connectivity index (χ3v) is 2.71. The highest BCUT2D eigenvalue weighted by Gasteiger charge is 2.39. The molecule has 2 aliphatic rings. The van der Waals surface area contributed by atoms with Crippen LogP contribution in [0.25, 0.3) is 0 Å². The Hall–Kier alpha value is -0.790. The summed E-state index contributed by atoms with van der Waals surface area (Å²) < 4.78 is 4.94. The number of allylic oxidation sites excluding steroid dienone is 1. The predicted molar refractivity (Wildman–Crippen MR) is 45.5 cm³/mol. The van der Waals surface area contributed by atoms with Crippen molar-refractivity contribution in [2.75, 3.05) is 6.61 Å². The van der Waals surface area contributed by atoms with Gasteiger partial charge in [-0.2, -0.15) is 0 Å². The molecule has 0 spiro atoms. The van der Waals surface area contributed by atoms with Crippen LogP contribution in [0.5, 0.6) is 0 Å². The van der Waals surface area contributed by atoms with Gasteiger partial charge < -0.3 is 4.74 Å². The van der Waals surface area contributed by atoms with Gasteiger partial charge in [0, 0.05) is 5.57 Å². The molecule has 0 N–H and O–H groups in total. The third kappa shape index (κ3) is 1.38. The van der Waals surface area contributed by atoms with Crippen LogP contribution in [0.2, 0.25) is 0 Å². The average Bonchev–Trinajstić information content (AvgIpc) is 2.81. The molecule has 2 unspecified atom stereocenters. The number of fused-ring (bicyclic) bond motifs is 1. The highest BCUT2D eigenvalue weighted by atomic mass is 16.5. The first-order valence-corrected chi connectivity index (χ1v) is 4.69. The van der Waals surface area contributed by atoms with Crippen LogP contribution < -0.4 is 0 Å². The van der Waals surface area contributed by atoms with Crippen molar-refractivity contribution in [1.29, 1.82) is 0 Å². The second kappa shape index (κ2) is 2.92. The maximum Gasteiger partial charge on any atom is 0.333 e. The lowest BCUT2D eigenvalue weighted by Crippen LogP contribution is -2.10. The number of hydrogen-bond acceptors (Lipinski definition) is 2. The highest BCUT2D eigenvalue weighted by Crippen LogP contribution is 2.47. The molecular formula is C10H14O2. The zero-order valence-corrected chi connectivity index (χ0v) is 7.38. The number of hydrogen-bond donors (Lipinski definition) is 0. The number of carbonyl (C=O) groups is 1. The van der Waals surface area contributed by atoms with Crippen LogP contribution in [0.4, 0.5) is 0 Å². The lowest BCUT2D eigenvalue weighted by Gasteiger charge is -2.10. The van der Waals surface area contributed by atoms with Crippen LogP contribution >= 0.6 is 0 Å². The van der Waals surface area contributed by atoms with Gasteiger partial charge in [-0.15, -0.1) is 0 Å². The van der Waals surface area contributed by atoms with Gasteiger partial charge in [-0.3, -0.25) is 0 Å². The monoisotopic (exact) mass is 166 g/mol. The zero-order valence-electron chi connectivity index (χ0n) is 7.38. The molecule has 0 aromatic heterocycles. The van der Waals surface area contributed by atoms with E-state index in [0.29, 0.717) is 12.5 Å². The molecule has 2 rings (SSSR count). The summed E-state index contributed by atoms with van der Waals surface area (Å²) in [4.78, 5) is 11.3. The van der Waals surface area contributed by atoms with E-state index in [1.54, 1.807) is 0 Å². The van der Waals surface area contributed by atoms with E-state index in [0.717, 1.165) is 17.9 Å². The fourth-order valence-corrected chi connectivity index (χ4v) is 1.88. The molecule has 0 bridgehead atoms. The summed E-state index contributed by atoms with van der Waals surface area (Å²) in [6, 6.07) is 0. The molecule has 2 atom stereocenters. The van der Waals surface area contributed by atoms with E-state index >= 15 is 0 Å². The lowest BCUT2D eigenvalue weighted by atomic mass is 10.00. The molecule has 2 aliphatic carbocycles. The summed E-state index contributed by atoms with van der Waals surface area (Å²) in [5.74, 6) is 1.50. The van der Waals surface area contributed by atoms with Gasteiger partial charge in [0.25, 0.3) is 0 Å². The van der Waals surface area contributed by atoms with Crippen molar-refractivity contribution >= 4 is 5.97 Å². The molecule has 2 heteroatoms. The second-order valence-electron chi connectivity index (χ2n) is 3.61. The molecule has 0 saturated heterocycles. The van der Waals surface area contributed by atoms with Crippen molar-refractivity contribution in [3.63, 3.8) is 0 Å². The molecule has 1 fully saturated rings. The largest absolute Gasteiger partial charge is 0.463 e. The molecular weight excluding hydrogens is 152 g/mol. The summed E-state index contributed by atoms with van der Waals surface area (Å²) in [6.45, 7) is 2.34. The first-order chi connectivity index (χ1) is 5.81. The van der Waals surface area contributed by atoms with Gasteiger partial charge in [0.1, 0.15) is 0 Å². The topological polar surface area (TPSA) is 26.3 Å². The van der Waals surface area contributed by atoms with Crippen LogP contribution in [0.15, 0.2) is 11.6 Å². The first-order valence-electron chi connectivity index (χ1n) is 4.69. The van der Waals surface area contributed by atoms with Crippen molar-refractivity contribution in [2.24, 2.45) is 11.8 Å². The smallest absolute Gasteiger partial charge is 0.333 e. The Labute approximate surface area is 72.6 Å². The summed E-state index contributed by atoms with van der Waals surface area (Å²) in [6.07, 6.45) is 5.53. The van der Waals surface area contributed by atoms with E-state index in [2.05, 4.69) is 6.08 Å². The average molecular weight is 166 g/mol. The fourth-order valence-electron chi connectivity index (χ4n) is 1.88. The first kappa shape index (κ1) is 7.84. The molecule has 2 nitrogen and oxygen atoms in total. The van der Waals surface area contributed by atoms with Crippen LogP contribution in [0.3, 0.4) is 0 Å². The van der Waals surface area contributed by atoms with Crippen LogP contribution in [-0.4, -0.2) is 12.6 Å². The Balaban J connectivity index is 1.98. The molecule has 0 aliphatic heterocycles. The third-order valence-electron chi connectivity index (χ3n) is 2.71. The SMILES string of the molecule is CCOC(=O)C1=CC2CC2CC1. The number of rotatable bonds is 2. The molecule has 0 heterocycles. The molecule has 0 aromatic rings. The zero-order chi connectivity index (χ0) is 8.55. The number of esters is 1. The Morgan fingerprint density at radius 3 is 3.25 bits per heavy atom. The standard InChI is InChI=1S/C10H14O2/c1-2-12-10(11)8-4-3-7-5-9(7)6-8/h6-7,9H,2-5H2,1H3. The number of ether oxygens (including phenoxy) is 1.